The number of para-hydroxylation sites is 1. The van der Waals surface area contributed by atoms with E-state index in [1.165, 1.54) is 10.8 Å². The molecule has 2 rings (SSSR count). The van der Waals surface area contributed by atoms with Crippen molar-refractivity contribution in [1.29, 1.82) is 0 Å². The summed E-state index contributed by atoms with van der Waals surface area (Å²) in [7, 11) is 0. The highest BCUT2D eigenvalue weighted by molar-refractivity contribution is 7.19. The van der Waals surface area contributed by atoms with Crippen molar-refractivity contribution < 1.29 is 0 Å². The van der Waals surface area contributed by atoms with E-state index in [1.54, 1.807) is 11.3 Å². The average molecular weight is 160 g/mol. The molecule has 0 aliphatic heterocycles. The molecular weight excluding hydrogens is 154 g/mol. The van der Waals surface area contributed by atoms with E-state index >= 15 is 0 Å². The third-order valence-corrected chi connectivity index (χ3v) is 2.45. The summed E-state index contributed by atoms with van der Waals surface area (Å²) in [5, 5.41) is 0.881. The Hall–Kier alpha value is -1.15. The first-order chi connectivity index (χ1) is 5.40. The van der Waals surface area contributed by atoms with Gasteiger partial charge in [-0.05, 0) is 18.2 Å². The van der Waals surface area contributed by atoms with Crippen LogP contribution >= 0.6 is 11.3 Å². The number of rotatable bonds is 1. The van der Waals surface area contributed by atoms with Crippen LogP contribution in [0.25, 0.3) is 16.3 Å². The first kappa shape index (κ1) is 6.55. The van der Waals surface area contributed by atoms with Crippen molar-refractivity contribution in [2.75, 3.05) is 0 Å². The summed E-state index contributed by atoms with van der Waals surface area (Å²) in [4.78, 5) is 4.27. The Labute approximate surface area is 69.0 Å². The van der Waals surface area contributed by atoms with E-state index in [2.05, 4.69) is 4.98 Å². The molecule has 2 heteroatoms. The topological polar surface area (TPSA) is 12.9 Å². The smallest absolute Gasteiger partial charge is 0.117 e. The first-order valence-electron chi connectivity index (χ1n) is 3.30. The molecular formula is C9H6NS. The molecule has 0 saturated heterocycles. The van der Waals surface area contributed by atoms with Crippen molar-refractivity contribution in [3.05, 3.63) is 35.9 Å². The predicted molar refractivity (Wildman–Crippen MR) is 48.4 cm³/mol. The maximum absolute atomic E-state index is 5.34. The molecule has 0 spiro atoms. The molecule has 1 radical (unpaired) electrons. The molecule has 0 aliphatic rings. The standard InChI is InChI=1S/C9H6NS/c1-2-9-10-7-5-3-4-6-8(7)11-9/h1-6H. The summed E-state index contributed by atoms with van der Waals surface area (Å²) in [6, 6.07) is 8.00. The predicted octanol–water partition coefficient (Wildman–Crippen LogP) is 2.74. The summed E-state index contributed by atoms with van der Waals surface area (Å²) < 4.78 is 1.18. The van der Waals surface area contributed by atoms with Gasteiger partial charge < -0.3 is 0 Å². The van der Waals surface area contributed by atoms with Crippen LogP contribution in [0.5, 0.6) is 0 Å². The van der Waals surface area contributed by atoms with Crippen molar-refractivity contribution in [1.82, 2.24) is 4.98 Å². The fourth-order valence-corrected chi connectivity index (χ4v) is 1.76. The Morgan fingerprint density at radius 1 is 1.36 bits per heavy atom. The van der Waals surface area contributed by atoms with E-state index in [4.69, 9.17) is 6.58 Å². The second-order valence-corrected chi connectivity index (χ2v) is 3.25. The number of hydrogen-bond donors (Lipinski definition) is 0. The largest absolute Gasteiger partial charge is 0.237 e. The lowest BCUT2D eigenvalue weighted by Gasteiger charge is -1.80. The van der Waals surface area contributed by atoms with Gasteiger partial charge in [0.25, 0.3) is 0 Å². The Balaban J connectivity index is 2.78. The zero-order valence-electron chi connectivity index (χ0n) is 5.82. The lowest BCUT2D eigenvalue weighted by molar-refractivity contribution is 1.46. The number of aromatic nitrogens is 1. The number of thiazole rings is 1. The van der Waals surface area contributed by atoms with Gasteiger partial charge in [-0.3, -0.25) is 0 Å². The molecule has 1 aromatic heterocycles. The Morgan fingerprint density at radius 3 is 2.91 bits per heavy atom. The van der Waals surface area contributed by atoms with Gasteiger partial charge >= 0.3 is 0 Å². The van der Waals surface area contributed by atoms with Gasteiger partial charge in [-0.1, -0.05) is 18.7 Å². The quantitative estimate of drug-likeness (QED) is 0.625. The maximum atomic E-state index is 5.34. The number of hydrogen-bond acceptors (Lipinski definition) is 2. The van der Waals surface area contributed by atoms with Crippen molar-refractivity contribution in [3.63, 3.8) is 0 Å². The summed E-state index contributed by atoms with van der Waals surface area (Å²) >= 11 is 1.61. The fourth-order valence-electron chi connectivity index (χ4n) is 0.961. The molecule has 2 aromatic rings. The van der Waals surface area contributed by atoms with Crippen molar-refractivity contribution in [3.8, 4) is 0 Å². The van der Waals surface area contributed by atoms with Crippen LogP contribution in [0.2, 0.25) is 0 Å². The zero-order valence-corrected chi connectivity index (χ0v) is 6.64. The molecule has 0 fully saturated rings. The van der Waals surface area contributed by atoms with Crippen molar-refractivity contribution >= 4 is 27.6 Å². The molecule has 53 valence electrons. The average Bonchev–Trinajstić information content (AvgIpc) is 2.46. The Morgan fingerprint density at radius 2 is 2.18 bits per heavy atom. The lowest BCUT2D eigenvalue weighted by atomic mass is 10.3. The zero-order chi connectivity index (χ0) is 7.68. The molecule has 1 nitrogen and oxygen atoms in total. The Kier molecular flexibility index (Phi) is 1.47. The summed E-state index contributed by atoms with van der Waals surface area (Å²) in [5.41, 5.74) is 1.02. The van der Waals surface area contributed by atoms with E-state index in [9.17, 15) is 0 Å². The minimum absolute atomic E-state index is 0.881. The van der Waals surface area contributed by atoms with E-state index in [0.717, 1.165) is 10.5 Å². The minimum atomic E-state index is 0.881. The highest BCUT2D eigenvalue weighted by Gasteiger charge is 1.97. The molecule has 0 amide bonds. The van der Waals surface area contributed by atoms with Gasteiger partial charge in [0.2, 0.25) is 0 Å². The molecule has 1 heterocycles. The van der Waals surface area contributed by atoms with Crippen LogP contribution in [0.4, 0.5) is 0 Å². The number of nitrogens with zero attached hydrogens (tertiary/aromatic N) is 1. The molecule has 0 aliphatic carbocycles. The molecule has 11 heavy (non-hydrogen) atoms. The summed E-state index contributed by atoms with van der Waals surface area (Å²) in [5.74, 6) is 0. The van der Waals surface area contributed by atoms with Crippen LogP contribution in [0.1, 0.15) is 5.01 Å². The van der Waals surface area contributed by atoms with Gasteiger partial charge in [-0.15, -0.1) is 11.3 Å². The van der Waals surface area contributed by atoms with Crippen LogP contribution in [0.3, 0.4) is 0 Å². The molecule has 0 atom stereocenters. The first-order valence-corrected chi connectivity index (χ1v) is 4.12. The van der Waals surface area contributed by atoms with Crippen molar-refractivity contribution in [2.45, 2.75) is 0 Å². The van der Waals surface area contributed by atoms with Gasteiger partial charge in [-0.25, -0.2) is 4.98 Å². The molecule has 0 N–H and O–H groups in total. The minimum Gasteiger partial charge on any atom is -0.237 e. The monoisotopic (exact) mass is 160 g/mol. The second kappa shape index (κ2) is 2.47. The lowest BCUT2D eigenvalue weighted by Crippen LogP contribution is -1.65. The van der Waals surface area contributed by atoms with Gasteiger partial charge in [0.05, 0.1) is 10.2 Å². The Bertz CT molecular complexity index is 356. The van der Waals surface area contributed by atoms with Gasteiger partial charge in [0.1, 0.15) is 5.01 Å². The molecule has 0 bridgehead atoms. The van der Waals surface area contributed by atoms with Crippen LogP contribution in [0.15, 0.2) is 24.3 Å². The third kappa shape index (κ3) is 1.05. The van der Waals surface area contributed by atoms with E-state index < -0.39 is 0 Å². The van der Waals surface area contributed by atoms with Crippen LogP contribution < -0.4 is 0 Å². The van der Waals surface area contributed by atoms with E-state index in [1.807, 2.05) is 24.3 Å². The fraction of sp³-hybridized carbons (Fsp3) is 0. The molecule has 0 unspecified atom stereocenters. The molecule has 1 aromatic carbocycles. The van der Waals surface area contributed by atoms with Crippen LogP contribution in [-0.4, -0.2) is 4.98 Å². The normalized spacial score (nSPS) is 10.2. The van der Waals surface area contributed by atoms with Gasteiger partial charge in [-0.2, -0.15) is 0 Å². The highest BCUT2D eigenvalue weighted by Crippen LogP contribution is 2.21. The van der Waals surface area contributed by atoms with E-state index in [-0.39, 0.29) is 0 Å². The van der Waals surface area contributed by atoms with Crippen LogP contribution in [0, 0.1) is 6.58 Å². The SMILES string of the molecule is [CH]=Cc1nc2ccccc2s1. The highest BCUT2D eigenvalue weighted by atomic mass is 32.1. The second-order valence-electron chi connectivity index (χ2n) is 2.19. The number of fused-ring (bicyclic) bond motifs is 1. The maximum Gasteiger partial charge on any atom is 0.117 e. The van der Waals surface area contributed by atoms with Crippen molar-refractivity contribution in [2.24, 2.45) is 0 Å². The molecule has 0 saturated carbocycles. The van der Waals surface area contributed by atoms with E-state index in [0.29, 0.717) is 0 Å². The van der Waals surface area contributed by atoms with Gasteiger partial charge in [0.15, 0.2) is 0 Å². The van der Waals surface area contributed by atoms with Gasteiger partial charge in [0, 0.05) is 0 Å². The van der Waals surface area contributed by atoms with Crippen LogP contribution in [-0.2, 0) is 0 Å². The third-order valence-electron chi connectivity index (χ3n) is 1.45. The summed E-state index contributed by atoms with van der Waals surface area (Å²) in [6.45, 7) is 5.34. The number of benzene rings is 1. The summed E-state index contributed by atoms with van der Waals surface area (Å²) in [6.07, 6.45) is 1.53.